The Labute approximate surface area is 142 Å². The van der Waals surface area contributed by atoms with E-state index in [4.69, 9.17) is 18.9 Å². The van der Waals surface area contributed by atoms with Crippen LogP contribution in [0, 0.1) is 0 Å². The zero-order valence-electron chi connectivity index (χ0n) is 14.3. The first-order valence-electron chi connectivity index (χ1n) is 7.94. The van der Waals surface area contributed by atoms with Gasteiger partial charge in [-0.05, 0) is 50.0 Å². The van der Waals surface area contributed by atoms with Crippen LogP contribution >= 0.6 is 0 Å². The lowest BCUT2D eigenvalue weighted by atomic mass is 10.0. The maximum Gasteiger partial charge on any atom is 0.334 e. The van der Waals surface area contributed by atoms with Crippen molar-refractivity contribution >= 4 is 11.5 Å². The molecule has 0 aromatic heterocycles. The molecule has 1 N–H and O–H groups in total. The Balaban J connectivity index is 2.40. The highest BCUT2D eigenvalue weighted by molar-refractivity contribution is 5.99. The minimum atomic E-state index is -0.583. The molecule has 6 nitrogen and oxygen atoms in total. The quantitative estimate of drug-likeness (QED) is 0.581. The number of aliphatic hydroxyl groups excluding tert-OH is 1. The van der Waals surface area contributed by atoms with Crippen molar-refractivity contribution in [2.75, 3.05) is 27.6 Å². The van der Waals surface area contributed by atoms with E-state index in [-0.39, 0.29) is 19.4 Å². The number of hydrogen-bond donors (Lipinski definition) is 1. The van der Waals surface area contributed by atoms with Crippen LogP contribution in [-0.2, 0) is 14.3 Å². The van der Waals surface area contributed by atoms with Gasteiger partial charge in [0.2, 0.25) is 0 Å². The van der Waals surface area contributed by atoms with Crippen molar-refractivity contribution in [1.82, 2.24) is 0 Å². The number of rotatable bonds is 8. The first-order valence-corrected chi connectivity index (χ1v) is 7.94. The predicted octanol–water partition coefficient (Wildman–Crippen LogP) is 2.54. The molecule has 1 aliphatic rings. The van der Waals surface area contributed by atoms with Crippen molar-refractivity contribution in [3.63, 3.8) is 0 Å². The fourth-order valence-corrected chi connectivity index (χ4v) is 2.69. The summed E-state index contributed by atoms with van der Waals surface area (Å²) in [6.45, 7) is 1.97. The molecule has 0 radical (unpaired) electrons. The van der Waals surface area contributed by atoms with E-state index in [2.05, 4.69) is 0 Å². The number of aliphatic hydroxyl groups is 1. The van der Waals surface area contributed by atoms with E-state index in [1.807, 2.05) is 6.07 Å². The number of ether oxygens (including phenoxy) is 4. The third kappa shape index (κ3) is 4.49. The summed E-state index contributed by atoms with van der Waals surface area (Å²) in [5.74, 6) is 0.922. The summed E-state index contributed by atoms with van der Waals surface area (Å²) in [7, 11) is 2.93. The van der Waals surface area contributed by atoms with Crippen molar-refractivity contribution < 1.29 is 28.8 Å². The molecule has 0 saturated carbocycles. The maximum absolute atomic E-state index is 12.0. The van der Waals surface area contributed by atoms with Gasteiger partial charge in [-0.15, -0.1) is 0 Å². The third-order valence-corrected chi connectivity index (χ3v) is 3.75. The molecule has 0 heterocycles. The molecule has 6 heteroatoms. The molecule has 0 fully saturated rings. The molecule has 0 spiro atoms. The van der Waals surface area contributed by atoms with Crippen LogP contribution in [0.4, 0.5) is 0 Å². The van der Waals surface area contributed by atoms with E-state index < -0.39 is 6.10 Å². The molecule has 1 aromatic carbocycles. The van der Waals surface area contributed by atoms with Crippen LogP contribution in [0.3, 0.4) is 0 Å². The number of carbonyl (C=O) groups is 1. The van der Waals surface area contributed by atoms with Crippen molar-refractivity contribution in [1.29, 1.82) is 0 Å². The van der Waals surface area contributed by atoms with E-state index in [9.17, 15) is 9.90 Å². The molecular weight excluding hydrogens is 312 g/mol. The molecule has 1 aromatic rings. The Morgan fingerprint density at radius 1 is 1.25 bits per heavy atom. The molecule has 1 atom stereocenters. The number of allylic oxidation sites excluding steroid dienone is 1. The SMILES string of the molecule is COCOc1ccc(OCC(C)O)c(C2=C(C(=O)OC)CCC2)c1. The highest BCUT2D eigenvalue weighted by Gasteiger charge is 2.25. The lowest BCUT2D eigenvalue weighted by Gasteiger charge is -2.16. The fraction of sp³-hybridized carbons (Fsp3) is 0.500. The van der Waals surface area contributed by atoms with Crippen LogP contribution in [0.25, 0.3) is 5.57 Å². The van der Waals surface area contributed by atoms with Gasteiger partial charge in [-0.25, -0.2) is 4.79 Å². The fourth-order valence-electron chi connectivity index (χ4n) is 2.69. The second kappa shape index (κ2) is 8.70. The number of benzene rings is 1. The van der Waals surface area contributed by atoms with Gasteiger partial charge in [0, 0.05) is 18.2 Å². The molecular formula is C18H24O6. The van der Waals surface area contributed by atoms with Gasteiger partial charge in [0.05, 0.1) is 13.2 Å². The van der Waals surface area contributed by atoms with Crippen LogP contribution in [0.5, 0.6) is 11.5 Å². The Hall–Kier alpha value is -2.05. The van der Waals surface area contributed by atoms with E-state index in [1.54, 1.807) is 26.2 Å². The number of carbonyl (C=O) groups excluding carboxylic acids is 1. The van der Waals surface area contributed by atoms with Gasteiger partial charge in [0.1, 0.15) is 18.1 Å². The molecule has 1 unspecified atom stereocenters. The summed E-state index contributed by atoms with van der Waals surface area (Å²) in [5.41, 5.74) is 2.37. The normalized spacial score (nSPS) is 15.3. The summed E-state index contributed by atoms with van der Waals surface area (Å²) in [6.07, 6.45) is 1.75. The van der Waals surface area contributed by atoms with E-state index >= 15 is 0 Å². The zero-order valence-corrected chi connectivity index (χ0v) is 14.3. The monoisotopic (exact) mass is 336 g/mol. The van der Waals surface area contributed by atoms with Gasteiger partial charge < -0.3 is 24.1 Å². The van der Waals surface area contributed by atoms with E-state index in [1.165, 1.54) is 7.11 Å². The Bertz CT molecular complexity index is 606. The second-order valence-corrected chi connectivity index (χ2v) is 5.67. The first kappa shape index (κ1) is 18.3. The second-order valence-electron chi connectivity index (χ2n) is 5.67. The van der Waals surface area contributed by atoms with Gasteiger partial charge in [-0.2, -0.15) is 0 Å². The zero-order chi connectivity index (χ0) is 17.5. The van der Waals surface area contributed by atoms with Crippen LogP contribution in [0.2, 0.25) is 0 Å². The average Bonchev–Trinajstić information content (AvgIpc) is 3.07. The average molecular weight is 336 g/mol. The minimum Gasteiger partial charge on any atom is -0.490 e. The van der Waals surface area contributed by atoms with Crippen LogP contribution in [0.15, 0.2) is 23.8 Å². The van der Waals surface area contributed by atoms with Gasteiger partial charge in [0.15, 0.2) is 6.79 Å². The summed E-state index contributed by atoms with van der Waals surface area (Å²) < 4.78 is 21.0. The van der Waals surface area contributed by atoms with Gasteiger partial charge in [-0.3, -0.25) is 0 Å². The number of esters is 1. The Kier molecular flexibility index (Phi) is 6.63. The summed E-state index contributed by atoms with van der Waals surface area (Å²) in [5, 5.41) is 9.47. The summed E-state index contributed by atoms with van der Waals surface area (Å²) in [6, 6.07) is 5.39. The van der Waals surface area contributed by atoms with E-state index in [0.29, 0.717) is 23.5 Å². The van der Waals surface area contributed by atoms with Gasteiger partial charge >= 0.3 is 5.97 Å². The van der Waals surface area contributed by atoms with Gasteiger partial charge in [0.25, 0.3) is 0 Å². The van der Waals surface area contributed by atoms with Crippen molar-refractivity contribution in [3.8, 4) is 11.5 Å². The maximum atomic E-state index is 12.0. The molecule has 24 heavy (non-hydrogen) atoms. The molecule has 0 amide bonds. The minimum absolute atomic E-state index is 0.135. The van der Waals surface area contributed by atoms with Crippen molar-refractivity contribution in [2.45, 2.75) is 32.3 Å². The standard InChI is InChI=1S/C18H24O6/c1-12(19)10-23-17-8-7-13(24-11-21-2)9-16(17)14-5-4-6-15(14)18(20)22-3/h7-9,12,19H,4-6,10-11H2,1-3H3. The highest BCUT2D eigenvalue weighted by Crippen LogP contribution is 2.40. The predicted molar refractivity (Wildman–Crippen MR) is 88.9 cm³/mol. The van der Waals surface area contributed by atoms with Gasteiger partial charge in [-0.1, -0.05) is 0 Å². The van der Waals surface area contributed by atoms with E-state index in [0.717, 1.165) is 24.0 Å². The smallest absolute Gasteiger partial charge is 0.334 e. The molecule has 132 valence electrons. The molecule has 1 aliphatic carbocycles. The van der Waals surface area contributed by atoms with Crippen LogP contribution in [-0.4, -0.2) is 44.8 Å². The topological polar surface area (TPSA) is 74.2 Å². The summed E-state index contributed by atoms with van der Waals surface area (Å²) >= 11 is 0. The number of methoxy groups -OCH3 is 2. The highest BCUT2D eigenvalue weighted by atomic mass is 16.7. The largest absolute Gasteiger partial charge is 0.490 e. The first-order chi connectivity index (χ1) is 11.6. The number of hydrogen-bond acceptors (Lipinski definition) is 6. The molecule has 2 rings (SSSR count). The molecule has 0 aliphatic heterocycles. The van der Waals surface area contributed by atoms with Crippen LogP contribution < -0.4 is 9.47 Å². The Morgan fingerprint density at radius 2 is 2.04 bits per heavy atom. The summed E-state index contributed by atoms with van der Waals surface area (Å²) in [4.78, 5) is 12.0. The molecule has 0 bridgehead atoms. The molecule has 0 saturated heterocycles. The van der Waals surface area contributed by atoms with Crippen molar-refractivity contribution in [3.05, 3.63) is 29.3 Å². The van der Waals surface area contributed by atoms with Crippen LogP contribution in [0.1, 0.15) is 31.7 Å². The third-order valence-electron chi connectivity index (χ3n) is 3.75. The van der Waals surface area contributed by atoms with Crippen molar-refractivity contribution in [2.24, 2.45) is 0 Å². The lowest BCUT2D eigenvalue weighted by Crippen LogP contribution is -2.14. The lowest BCUT2D eigenvalue weighted by molar-refractivity contribution is -0.136. The Morgan fingerprint density at radius 3 is 2.71 bits per heavy atom.